The number of thiophene rings is 1. The lowest BCUT2D eigenvalue weighted by Gasteiger charge is -2.30. The van der Waals surface area contributed by atoms with Gasteiger partial charge in [-0.15, -0.1) is 0 Å². The van der Waals surface area contributed by atoms with Crippen molar-refractivity contribution in [1.82, 2.24) is 14.9 Å². The molecule has 0 saturated carbocycles. The molecule has 2 aromatic rings. The molecule has 2 aromatic heterocycles. The highest BCUT2D eigenvalue weighted by Crippen LogP contribution is 2.29. The van der Waals surface area contributed by atoms with E-state index < -0.39 is 0 Å². The fourth-order valence-electron chi connectivity index (χ4n) is 2.95. The van der Waals surface area contributed by atoms with Crippen molar-refractivity contribution >= 4 is 11.3 Å². The van der Waals surface area contributed by atoms with Gasteiger partial charge in [0, 0.05) is 18.3 Å². The SMILES string of the molecule is CC1CCCC(c2cncn2C(C)c2ccsc2)N1. The molecule has 1 aliphatic heterocycles. The molecule has 0 aromatic carbocycles. The van der Waals surface area contributed by atoms with Gasteiger partial charge in [0.1, 0.15) is 0 Å². The van der Waals surface area contributed by atoms with Crippen LogP contribution in [0.4, 0.5) is 0 Å². The number of aromatic nitrogens is 2. The molecule has 0 radical (unpaired) electrons. The van der Waals surface area contributed by atoms with Crippen molar-refractivity contribution in [2.45, 2.75) is 51.2 Å². The largest absolute Gasteiger partial charge is 0.326 e. The molecule has 1 N–H and O–H groups in total. The van der Waals surface area contributed by atoms with Crippen LogP contribution >= 0.6 is 11.3 Å². The maximum atomic E-state index is 4.38. The van der Waals surface area contributed by atoms with Gasteiger partial charge in [0.05, 0.1) is 18.1 Å². The van der Waals surface area contributed by atoms with E-state index in [1.165, 1.54) is 30.5 Å². The molecule has 0 amide bonds. The van der Waals surface area contributed by atoms with E-state index in [1.54, 1.807) is 11.3 Å². The Morgan fingerprint density at radius 2 is 2.37 bits per heavy atom. The van der Waals surface area contributed by atoms with Gasteiger partial charge in [0.25, 0.3) is 0 Å². The lowest BCUT2D eigenvalue weighted by Crippen LogP contribution is -2.35. The second-order valence-electron chi connectivity index (χ2n) is 5.51. The topological polar surface area (TPSA) is 29.9 Å². The molecule has 3 nitrogen and oxygen atoms in total. The Labute approximate surface area is 118 Å². The van der Waals surface area contributed by atoms with Crippen LogP contribution in [0.25, 0.3) is 0 Å². The Bertz CT molecular complexity index is 517. The smallest absolute Gasteiger partial charge is 0.0954 e. The van der Waals surface area contributed by atoms with Crippen molar-refractivity contribution in [3.8, 4) is 0 Å². The average molecular weight is 275 g/mol. The monoisotopic (exact) mass is 275 g/mol. The Morgan fingerprint density at radius 3 is 3.11 bits per heavy atom. The van der Waals surface area contributed by atoms with Gasteiger partial charge in [-0.05, 0) is 55.5 Å². The van der Waals surface area contributed by atoms with Crippen molar-refractivity contribution in [3.63, 3.8) is 0 Å². The lowest BCUT2D eigenvalue weighted by atomic mass is 9.97. The standard InChI is InChI=1S/C15H21N3S/c1-11-4-3-5-14(17-11)15-8-16-10-18(15)12(2)13-6-7-19-9-13/h6-12,14,17H,3-5H2,1-2H3. The minimum Gasteiger partial charge on any atom is -0.326 e. The van der Waals surface area contributed by atoms with E-state index in [-0.39, 0.29) is 0 Å². The predicted molar refractivity (Wildman–Crippen MR) is 79.5 cm³/mol. The first-order chi connectivity index (χ1) is 9.25. The van der Waals surface area contributed by atoms with Crippen LogP contribution in [-0.4, -0.2) is 15.6 Å². The number of nitrogens with one attached hydrogen (secondary N) is 1. The van der Waals surface area contributed by atoms with Gasteiger partial charge < -0.3 is 9.88 Å². The summed E-state index contributed by atoms with van der Waals surface area (Å²) in [7, 11) is 0. The lowest BCUT2D eigenvalue weighted by molar-refractivity contribution is 0.327. The van der Waals surface area contributed by atoms with E-state index in [0.717, 1.165) is 0 Å². The number of hydrogen-bond acceptors (Lipinski definition) is 3. The maximum Gasteiger partial charge on any atom is 0.0954 e. The van der Waals surface area contributed by atoms with Gasteiger partial charge in [-0.1, -0.05) is 0 Å². The zero-order chi connectivity index (χ0) is 13.2. The molecule has 3 atom stereocenters. The summed E-state index contributed by atoms with van der Waals surface area (Å²) in [4.78, 5) is 4.38. The molecule has 0 spiro atoms. The van der Waals surface area contributed by atoms with Gasteiger partial charge in [-0.3, -0.25) is 0 Å². The van der Waals surface area contributed by atoms with Gasteiger partial charge in [-0.25, -0.2) is 4.98 Å². The highest BCUT2D eigenvalue weighted by Gasteiger charge is 2.23. The highest BCUT2D eigenvalue weighted by molar-refractivity contribution is 7.07. The van der Waals surface area contributed by atoms with Crippen molar-refractivity contribution in [1.29, 1.82) is 0 Å². The molecule has 3 heterocycles. The van der Waals surface area contributed by atoms with Crippen LogP contribution in [-0.2, 0) is 0 Å². The minimum absolute atomic E-state index is 0.364. The van der Waals surface area contributed by atoms with E-state index in [0.29, 0.717) is 18.1 Å². The Kier molecular flexibility index (Phi) is 3.71. The summed E-state index contributed by atoms with van der Waals surface area (Å²) in [6.07, 6.45) is 7.80. The summed E-state index contributed by atoms with van der Waals surface area (Å²) in [5.41, 5.74) is 2.69. The Hall–Kier alpha value is -1.13. The number of nitrogens with zero attached hydrogens (tertiary/aromatic N) is 2. The highest BCUT2D eigenvalue weighted by atomic mass is 32.1. The minimum atomic E-state index is 0.364. The van der Waals surface area contributed by atoms with Gasteiger partial charge in [0.2, 0.25) is 0 Å². The summed E-state index contributed by atoms with van der Waals surface area (Å²) in [5, 5.41) is 8.07. The molecule has 19 heavy (non-hydrogen) atoms. The van der Waals surface area contributed by atoms with Gasteiger partial charge >= 0.3 is 0 Å². The van der Waals surface area contributed by atoms with Crippen molar-refractivity contribution in [3.05, 3.63) is 40.6 Å². The second-order valence-corrected chi connectivity index (χ2v) is 6.29. The zero-order valence-electron chi connectivity index (χ0n) is 11.5. The van der Waals surface area contributed by atoms with Gasteiger partial charge in [-0.2, -0.15) is 11.3 Å². The van der Waals surface area contributed by atoms with Crippen LogP contribution in [0.5, 0.6) is 0 Å². The van der Waals surface area contributed by atoms with Crippen molar-refractivity contribution in [2.75, 3.05) is 0 Å². The van der Waals surface area contributed by atoms with E-state index in [4.69, 9.17) is 0 Å². The van der Waals surface area contributed by atoms with E-state index in [1.807, 2.05) is 12.5 Å². The van der Waals surface area contributed by atoms with Crippen molar-refractivity contribution in [2.24, 2.45) is 0 Å². The Morgan fingerprint density at radius 1 is 1.47 bits per heavy atom. The maximum absolute atomic E-state index is 4.38. The molecular formula is C15H21N3S. The third kappa shape index (κ3) is 2.60. The molecule has 1 fully saturated rings. The molecule has 1 saturated heterocycles. The third-order valence-corrected chi connectivity index (χ3v) is 4.81. The quantitative estimate of drug-likeness (QED) is 0.924. The molecule has 0 bridgehead atoms. The van der Waals surface area contributed by atoms with Gasteiger partial charge in [0.15, 0.2) is 0 Å². The molecule has 3 rings (SSSR count). The van der Waals surface area contributed by atoms with Crippen LogP contribution in [0.1, 0.15) is 56.5 Å². The number of hydrogen-bond donors (Lipinski definition) is 1. The normalized spacial score (nSPS) is 25.4. The molecule has 1 aliphatic rings. The summed E-state index contributed by atoms with van der Waals surface area (Å²) in [6.45, 7) is 4.52. The van der Waals surface area contributed by atoms with E-state index >= 15 is 0 Å². The average Bonchev–Trinajstić information content (AvgIpc) is 3.09. The predicted octanol–water partition coefficient (Wildman–Crippen LogP) is 3.76. The number of rotatable bonds is 3. The fourth-order valence-corrected chi connectivity index (χ4v) is 3.70. The third-order valence-electron chi connectivity index (χ3n) is 4.11. The summed E-state index contributed by atoms with van der Waals surface area (Å²) in [6, 6.07) is 3.63. The number of imidazole rings is 1. The van der Waals surface area contributed by atoms with Crippen LogP contribution < -0.4 is 5.32 Å². The molecule has 102 valence electrons. The van der Waals surface area contributed by atoms with Crippen LogP contribution in [0.3, 0.4) is 0 Å². The molecule has 4 heteroatoms. The summed E-state index contributed by atoms with van der Waals surface area (Å²) < 4.78 is 2.32. The first-order valence-electron chi connectivity index (χ1n) is 7.05. The summed E-state index contributed by atoms with van der Waals surface area (Å²) >= 11 is 1.76. The summed E-state index contributed by atoms with van der Waals surface area (Å²) in [5.74, 6) is 0. The molecule has 0 aliphatic carbocycles. The fraction of sp³-hybridized carbons (Fsp3) is 0.533. The molecule has 3 unspecified atom stereocenters. The first-order valence-corrected chi connectivity index (χ1v) is 8.00. The van der Waals surface area contributed by atoms with Crippen LogP contribution in [0.2, 0.25) is 0 Å². The molecular weight excluding hydrogens is 254 g/mol. The van der Waals surface area contributed by atoms with Crippen LogP contribution in [0, 0.1) is 0 Å². The van der Waals surface area contributed by atoms with Crippen molar-refractivity contribution < 1.29 is 0 Å². The second kappa shape index (κ2) is 5.47. The zero-order valence-corrected chi connectivity index (χ0v) is 12.4. The Balaban J connectivity index is 1.85. The van der Waals surface area contributed by atoms with E-state index in [2.05, 4.69) is 45.5 Å². The first kappa shape index (κ1) is 12.9. The van der Waals surface area contributed by atoms with E-state index in [9.17, 15) is 0 Å². The van der Waals surface area contributed by atoms with Crippen LogP contribution in [0.15, 0.2) is 29.4 Å². The number of piperidine rings is 1.